The molecule has 0 aliphatic carbocycles. The number of hydrogen-bond acceptors (Lipinski definition) is 5. The van der Waals surface area contributed by atoms with Crippen molar-refractivity contribution in [3.05, 3.63) is 63.6 Å². The van der Waals surface area contributed by atoms with Crippen LogP contribution in [0.15, 0.2) is 42.5 Å². The normalized spacial score (nSPS) is 10.1. The highest BCUT2D eigenvalue weighted by Crippen LogP contribution is 2.20. The number of hydrogen-bond donors (Lipinski definition) is 2. The number of carbonyl (C=O) groups excluding carboxylic acids is 3. The Kier molecular flexibility index (Phi) is 8.10. The maximum Gasteiger partial charge on any atom is 0.325 e. The lowest BCUT2D eigenvalue weighted by molar-refractivity contribution is -0.147. The van der Waals surface area contributed by atoms with Crippen LogP contribution in [0.2, 0.25) is 10.0 Å². The molecule has 148 valence electrons. The van der Waals surface area contributed by atoms with E-state index in [0.717, 1.165) is 5.56 Å². The van der Waals surface area contributed by atoms with E-state index in [1.807, 2.05) is 6.07 Å². The predicted octanol–water partition coefficient (Wildman–Crippen LogP) is 2.59. The lowest BCUT2D eigenvalue weighted by atomic mass is 10.2. The van der Waals surface area contributed by atoms with Crippen LogP contribution in [0.3, 0.4) is 0 Å². The molecule has 0 unspecified atom stereocenters. The van der Waals surface area contributed by atoms with Crippen molar-refractivity contribution in [3.8, 4) is 5.75 Å². The molecule has 2 aromatic carbocycles. The van der Waals surface area contributed by atoms with Gasteiger partial charge in [-0.25, -0.2) is 0 Å². The van der Waals surface area contributed by atoms with Crippen molar-refractivity contribution in [3.63, 3.8) is 0 Å². The van der Waals surface area contributed by atoms with Gasteiger partial charge in [0.15, 0.2) is 6.61 Å². The summed E-state index contributed by atoms with van der Waals surface area (Å²) >= 11 is 11.7. The van der Waals surface area contributed by atoms with Gasteiger partial charge in [-0.2, -0.15) is 0 Å². The number of nitrogens with one attached hydrogen (secondary N) is 2. The minimum atomic E-state index is -0.755. The lowest BCUT2D eigenvalue weighted by Crippen LogP contribution is -2.33. The van der Waals surface area contributed by atoms with Gasteiger partial charge in [0.05, 0.1) is 17.7 Å². The fourth-order valence-corrected chi connectivity index (χ4v) is 2.65. The van der Waals surface area contributed by atoms with E-state index < -0.39 is 30.9 Å². The molecule has 0 aliphatic heterocycles. The number of benzene rings is 2. The number of rotatable bonds is 8. The lowest BCUT2D eigenvalue weighted by Gasteiger charge is -2.09. The van der Waals surface area contributed by atoms with Crippen LogP contribution in [0.25, 0.3) is 0 Å². The van der Waals surface area contributed by atoms with Gasteiger partial charge in [0.1, 0.15) is 12.3 Å². The highest BCUT2D eigenvalue weighted by molar-refractivity contribution is 6.36. The van der Waals surface area contributed by atoms with Gasteiger partial charge in [-0.05, 0) is 35.9 Å². The van der Waals surface area contributed by atoms with E-state index in [1.54, 1.807) is 25.3 Å². The van der Waals surface area contributed by atoms with E-state index in [4.69, 9.17) is 32.7 Å². The summed E-state index contributed by atoms with van der Waals surface area (Å²) in [5.41, 5.74) is 1.01. The standard InChI is InChI=1S/C19H18Cl2N2O5/c1-27-14-4-2-3-12(7-14)9-22-17(24)11-28-18(25)10-23-19(26)15-6-5-13(20)8-16(15)21/h2-8H,9-11H2,1H3,(H,22,24)(H,23,26). The fraction of sp³-hybridized carbons (Fsp3) is 0.211. The van der Waals surface area contributed by atoms with E-state index in [2.05, 4.69) is 10.6 Å². The molecule has 0 saturated heterocycles. The third-order valence-electron chi connectivity index (χ3n) is 3.56. The first-order valence-electron chi connectivity index (χ1n) is 8.17. The molecule has 0 atom stereocenters. The SMILES string of the molecule is COc1cccc(CNC(=O)COC(=O)CNC(=O)c2ccc(Cl)cc2Cl)c1. The third-order valence-corrected chi connectivity index (χ3v) is 4.10. The molecule has 9 heteroatoms. The number of halogens is 2. The van der Waals surface area contributed by atoms with Crippen molar-refractivity contribution in [2.24, 2.45) is 0 Å². The number of esters is 1. The van der Waals surface area contributed by atoms with Crippen molar-refractivity contribution in [1.29, 1.82) is 0 Å². The van der Waals surface area contributed by atoms with Gasteiger partial charge in [0.25, 0.3) is 11.8 Å². The molecule has 0 fully saturated rings. The minimum absolute atomic E-state index is 0.162. The zero-order chi connectivity index (χ0) is 20.5. The topological polar surface area (TPSA) is 93.7 Å². The molecule has 28 heavy (non-hydrogen) atoms. The summed E-state index contributed by atoms with van der Waals surface area (Å²) in [7, 11) is 1.55. The van der Waals surface area contributed by atoms with Gasteiger partial charge in [0, 0.05) is 11.6 Å². The summed E-state index contributed by atoms with van der Waals surface area (Å²) in [5.74, 6) is -1.10. The molecule has 2 N–H and O–H groups in total. The van der Waals surface area contributed by atoms with Gasteiger partial charge in [-0.3, -0.25) is 14.4 Å². The molecule has 0 radical (unpaired) electrons. The average molecular weight is 425 g/mol. The van der Waals surface area contributed by atoms with Gasteiger partial charge in [0.2, 0.25) is 0 Å². The molecule has 7 nitrogen and oxygen atoms in total. The Labute approximate surface area is 171 Å². The molecule has 2 amide bonds. The van der Waals surface area contributed by atoms with Crippen molar-refractivity contribution < 1.29 is 23.9 Å². The number of ether oxygens (including phenoxy) is 2. The van der Waals surface area contributed by atoms with E-state index in [1.165, 1.54) is 18.2 Å². The highest BCUT2D eigenvalue weighted by Gasteiger charge is 2.13. The van der Waals surface area contributed by atoms with Crippen LogP contribution in [-0.2, 0) is 20.9 Å². The zero-order valence-electron chi connectivity index (χ0n) is 15.0. The first-order chi connectivity index (χ1) is 13.4. The number of methoxy groups -OCH3 is 1. The van der Waals surface area contributed by atoms with Crippen molar-refractivity contribution in [1.82, 2.24) is 10.6 Å². The van der Waals surface area contributed by atoms with Crippen LogP contribution >= 0.6 is 23.2 Å². The summed E-state index contributed by atoms with van der Waals surface area (Å²) < 4.78 is 9.93. The van der Waals surface area contributed by atoms with Crippen LogP contribution in [-0.4, -0.2) is 38.0 Å². The molecule has 0 bridgehead atoms. The summed E-state index contributed by atoms with van der Waals surface area (Å²) in [6.07, 6.45) is 0. The number of amides is 2. The molecule has 0 saturated carbocycles. The Morgan fingerprint density at radius 3 is 2.54 bits per heavy atom. The molecule has 2 aromatic rings. The summed E-state index contributed by atoms with van der Waals surface area (Å²) in [5, 5.41) is 5.54. The Bertz CT molecular complexity index is 873. The summed E-state index contributed by atoms with van der Waals surface area (Å²) in [6, 6.07) is 11.6. The minimum Gasteiger partial charge on any atom is -0.497 e. The first-order valence-corrected chi connectivity index (χ1v) is 8.93. The van der Waals surface area contributed by atoms with Crippen LogP contribution in [0.4, 0.5) is 0 Å². The first kappa shape index (κ1) is 21.5. The zero-order valence-corrected chi connectivity index (χ0v) is 16.5. The number of carbonyl (C=O) groups is 3. The molecule has 0 heterocycles. The quantitative estimate of drug-likeness (QED) is 0.635. The van der Waals surface area contributed by atoms with Crippen molar-refractivity contribution >= 4 is 41.0 Å². The van der Waals surface area contributed by atoms with Gasteiger partial charge in [-0.15, -0.1) is 0 Å². The molecular weight excluding hydrogens is 407 g/mol. The molecule has 0 spiro atoms. The Morgan fingerprint density at radius 1 is 1.04 bits per heavy atom. The maximum atomic E-state index is 12.0. The summed E-state index contributed by atoms with van der Waals surface area (Å²) in [6.45, 7) is -0.597. The van der Waals surface area contributed by atoms with Gasteiger partial charge >= 0.3 is 5.97 Å². The van der Waals surface area contributed by atoms with Crippen LogP contribution in [0.5, 0.6) is 5.75 Å². The smallest absolute Gasteiger partial charge is 0.325 e. The van der Waals surface area contributed by atoms with E-state index in [9.17, 15) is 14.4 Å². The predicted molar refractivity (Wildman–Crippen MR) is 105 cm³/mol. The van der Waals surface area contributed by atoms with Crippen LogP contribution < -0.4 is 15.4 Å². The van der Waals surface area contributed by atoms with E-state index in [-0.39, 0.29) is 17.1 Å². The Balaban J connectivity index is 1.71. The third kappa shape index (κ3) is 6.75. The van der Waals surface area contributed by atoms with Crippen LogP contribution in [0, 0.1) is 0 Å². The van der Waals surface area contributed by atoms with Gasteiger partial charge in [-0.1, -0.05) is 35.3 Å². The van der Waals surface area contributed by atoms with Crippen molar-refractivity contribution in [2.75, 3.05) is 20.3 Å². The van der Waals surface area contributed by atoms with Crippen molar-refractivity contribution in [2.45, 2.75) is 6.54 Å². The fourth-order valence-electron chi connectivity index (χ4n) is 2.15. The second-order valence-electron chi connectivity index (χ2n) is 5.60. The van der Waals surface area contributed by atoms with Crippen LogP contribution in [0.1, 0.15) is 15.9 Å². The molecule has 0 aliphatic rings. The second-order valence-corrected chi connectivity index (χ2v) is 6.44. The average Bonchev–Trinajstić information content (AvgIpc) is 2.69. The Morgan fingerprint density at radius 2 is 1.82 bits per heavy atom. The van der Waals surface area contributed by atoms with Gasteiger partial charge < -0.3 is 20.1 Å². The second kappa shape index (κ2) is 10.5. The van der Waals surface area contributed by atoms with E-state index in [0.29, 0.717) is 10.8 Å². The molecule has 2 rings (SSSR count). The van der Waals surface area contributed by atoms with E-state index >= 15 is 0 Å². The molecule has 0 aromatic heterocycles. The monoisotopic (exact) mass is 424 g/mol. The largest absolute Gasteiger partial charge is 0.497 e. The Hall–Kier alpha value is -2.77. The summed E-state index contributed by atoms with van der Waals surface area (Å²) in [4.78, 5) is 35.5. The maximum absolute atomic E-state index is 12.0. The highest BCUT2D eigenvalue weighted by atomic mass is 35.5. The molecular formula is C19H18Cl2N2O5.